The van der Waals surface area contributed by atoms with Crippen molar-refractivity contribution in [1.29, 1.82) is 0 Å². The lowest BCUT2D eigenvalue weighted by Crippen LogP contribution is -2.40. The molecule has 1 amide bonds. The molecule has 0 aromatic rings. The summed E-state index contributed by atoms with van der Waals surface area (Å²) in [6.07, 6.45) is -0.0353. The molecule has 0 aliphatic carbocycles. The van der Waals surface area contributed by atoms with Gasteiger partial charge in [0.15, 0.2) is 6.10 Å². The highest BCUT2D eigenvalue weighted by Gasteiger charge is 2.17. The second kappa shape index (κ2) is 9.50. The Hall–Kier alpha value is -2.42. The second-order valence-corrected chi connectivity index (χ2v) is 3.30. The number of hydrogen-bond donors (Lipinski definition) is 2. The topological polar surface area (TPSA) is 128 Å². The Balaban J connectivity index is 4.02. The first kappa shape index (κ1) is 17.6. The molecule has 0 aliphatic heterocycles. The third-order valence-corrected chi connectivity index (χ3v) is 1.88. The summed E-state index contributed by atoms with van der Waals surface area (Å²) in [5.74, 6) is -3.28. The van der Waals surface area contributed by atoms with E-state index in [2.05, 4.69) is 19.5 Å². The monoisotopic (exact) mass is 289 g/mol. The van der Waals surface area contributed by atoms with Crippen molar-refractivity contribution in [3.63, 3.8) is 0 Å². The summed E-state index contributed by atoms with van der Waals surface area (Å²) in [7, 11) is 2.27. The first-order valence-corrected chi connectivity index (χ1v) is 5.36. The van der Waals surface area contributed by atoms with Gasteiger partial charge in [-0.3, -0.25) is 9.59 Å². The third kappa shape index (κ3) is 7.82. The number of aliphatic hydroxyl groups is 1. The summed E-state index contributed by atoms with van der Waals surface area (Å²) in [6, 6.07) is 0. The SMILES string of the molecule is COC(=O)/C=C/C(=O)OCC(O)C(=O)NCC(=O)OC. The molecular weight excluding hydrogens is 274 g/mol. The predicted octanol–water partition coefficient (Wildman–Crippen LogP) is -2.09. The number of ether oxygens (including phenoxy) is 3. The largest absolute Gasteiger partial charge is 0.468 e. The Labute approximate surface area is 114 Å². The van der Waals surface area contributed by atoms with Gasteiger partial charge >= 0.3 is 17.9 Å². The lowest BCUT2D eigenvalue weighted by molar-refractivity contribution is -0.147. The molecule has 0 aromatic heterocycles. The maximum Gasteiger partial charge on any atom is 0.331 e. The van der Waals surface area contributed by atoms with Crippen LogP contribution in [0.15, 0.2) is 12.2 Å². The van der Waals surface area contributed by atoms with Crippen LogP contribution < -0.4 is 5.32 Å². The molecule has 0 aliphatic rings. The molecule has 1 atom stereocenters. The molecule has 0 radical (unpaired) electrons. The van der Waals surface area contributed by atoms with Crippen LogP contribution in [0, 0.1) is 0 Å². The molecule has 1 unspecified atom stereocenters. The summed E-state index contributed by atoms with van der Waals surface area (Å²) in [5.41, 5.74) is 0. The quantitative estimate of drug-likeness (QED) is 0.310. The van der Waals surface area contributed by atoms with E-state index in [0.29, 0.717) is 0 Å². The van der Waals surface area contributed by atoms with Gasteiger partial charge in [0.2, 0.25) is 0 Å². The van der Waals surface area contributed by atoms with Crippen LogP contribution in [0.3, 0.4) is 0 Å². The Bertz CT molecular complexity index is 403. The van der Waals surface area contributed by atoms with Crippen molar-refractivity contribution in [1.82, 2.24) is 5.32 Å². The highest BCUT2D eigenvalue weighted by molar-refractivity contribution is 5.91. The number of hydrogen-bond acceptors (Lipinski definition) is 8. The van der Waals surface area contributed by atoms with Gasteiger partial charge in [0, 0.05) is 12.2 Å². The van der Waals surface area contributed by atoms with E-state index in [4.69, 9.17) is 0 Å². The van der Waals surface area contributed by atoms with Crippen molar-refractivity contribution in [3.05, 3.63) is 12.2 Å². The highest BCUT2D eigenvalue weighted by atomic mass is 16.5. The maximum atomic E-state index is 11.2. The number of carbonyl (C=O) groups is 4. The summed E-state index contributed by atoms with van der Waals surface area (Å²) in [6.45, 7) is -1.04. The molecule has 112 valence electrons. The van der Waals surface area contributed by atoms with Crippen LogP contribution in [-0.2, 0) is 33.4 Å². The lowest BCUT2D eigenvalue weighted by atomic mass is 10.3. The van der Waals surface area contributed by atoms with Crippen molar-refractivity contribution in [2.45, 2.75) is 6.10 Å². The first-order valence-electron chi connectivity index (χ1n) is 5.36. The van der Waals surface area contributed by atoms with Crippen LogP contribution in [0.1, 0.15) is 0 Å². The van der Waals surface area contributed by atoms with Gasteiger partial charge in [0.25, 0.3) is 5.91 Å². The van der Waals surface area contributed by atoms with Crippen LogP contribution in [0.2, 0.25) is 0 Å². The second-order valence-electron chi connectivity index (χ2n) is 3.30. The number of carbonyl (C=O) groups excluding carboxylic acids is 4. The molecule has 0 saturated carbocycles. The Morgan fingerprint density at radius 3 is 2.25 bits per heavy atom. The number of methoxy groups -OCH3 is 2. The number of rotatable bonds is 7. The van der Waals surface area contributed by atoms with Crippen molar-refractivity contribution < 1.29 is 38.5 Å². The van der Waals surface area contributed by atoms with E-state index < -0.39 is 43.1 Å². The van der Waals surface area contributed by atoms with Crippen molar-refractivity contribution in [2.24, 2.45) is 0 Å². The molecule has 9 heteroatoms. The van der Waals surface area contributed by atoms with E-state index in [1.54, 1.807) is 0 Å². The minimum absolute atomic E-state index is 0.414. The molecule has 0 saturated heterocycles. The van der Waals surface area contributed by atoms with Crippen LogP contribution in [0.4, 0.5) is 0 Å². The molecular formula is C11H15NO8. The molecule has 0 rings (SSSR count). The van der Waals surface area contributed by atoms with Gasteiger partial charge in [0.05, 0.1) is 14.2 Å². The predicted molar refractivity (Wildman–Crippen MR) is 63.1 cm³/mol. The van der Waals surface area contributed by atoms with Crippen LogP contribution >= 0.6 is 0 Å². The average molecular weight is 289 g/mol. The molecule has 0 spiro atoms. The molecule has 0 bridgehead atoms. The number of aliphatic hydroxyl groups excluding tert-OH is 1. The molecule has 0 fully saturated rings. The molecule has 0 aromatic carbocycles. The van der Waals surface area contributed by atoms with Crippen LogP contribution in [0.5, 0.6) is 0 Å². The van der Waals surface area contributed by atoms with Crippen LogP contribution in [-0.4, -0.2) is 62.4 Å². The Morgan fingerprint density at radius 1 is 1.10 bits per heavy atom. The van der Waals surface area contributed by atoms with Crippen molar-refractivity contribution in [3.8, 4) is 0 Å². The zero-order valence-corrected chi connectivity index (χ0v) is 11.0. The fourth-order valence-corrected chi connectivity index (χ4v) is 0.838. The molecule has 20 heavy (non-hydrogen) atoms. The zero-order chi connectivity index (χ0) is 15.5. The van der Waals surface area contributed by atoms with Gasteiger partial charge in [0.1, 0.15) is 13.2 Å². The van der Waals surface area contributed by atoms with Gasteiger partial charge < -0.3 is 24.6 Å². The summed E-state index contributed by atoms with van der Waals surface area (Å²) in [4.78, 5) is 43.7. The van der Waals surface area contributed by atoms with E-state index in [-0.39, 0.29) is 0 Å². The number of nitrogens with one attached hydrogen (secondary N) is 1. The molecule has 0 heterocycles. The summed E-state index contributed by atoms with van der Waals surface area (Å²) >= 11 is 0. The van der Waals surface area contributed by atoms with Crippen molar-refractivity contribution >= 4 is 23.8 Å². The van der Waals surface area contributed by atoms with Gasteiger partial charge in [-0.1, -0.05) is 0 Å². The minimum atomic E-state index is -1.64. The van der Waals surface area contributed by atoms with Crippen LogP contribution in [0.25, 0.3) is 0 Å². The zero-order valence-electron chi connectivity index (χ0n) is 11.0. The fraction of sp³-hybridized carbons (Fsp3) is 0.455. The molecule has 2 N–H and O–H groups in total. The number of esters is 3. The van der Waals surface area contributed by atoms with E-state index in [9.17, 15) is 24.3 Å². The minimum Gasteiger partial charge on any atom is -0.468 e. The normalized spacial score (nSPS) is 11.6. The smallest absolute Gasteiger partial charge is 0.331 e. The van der Waals surface area contributed by atoms with E-state index >= 15 is 0 Å². The van der Waals surface area contributed by atoms with Gasteiger partial charge in [-0.2, -0.15) is 0 Å². The standard InChI is InChI=1S/C11H15NO8/c1-18-8(14)3-4-9(15)20-6-7(13)11(17)12-5-10(16)19-2/h3-4,7,13H,5-6H2,1-2H3,(H,12,17)/b4-3+. The fourth-order valence-electron chi connectivity index (χ4n) is 0.838. The third-order valence-electron chi connectivity index (χ3n) is 1.88. The van der Waals surface area contributed by atoms with E-state index in [1.165, 1.54) is 0 Å². The summed E-state index contributed by atoms with van der Waals surface area (Å²) in [5, 5.41) is 11.4. The van der Waals surface area contributed by atoms with Gasteiger partial charge in [-0.15, -0.1) is 0 Å². The van der Waals surface area contributed by atoms with Gasteiger partial charge in [-0.25, -0.2) is 9.59 Å². The van der Waals surface area contributed by atoms with E-state index in [0.717, 1.165) is 26.4 Å². The van der Waals surface area contributed by atoms with E-state index in [1.807, 2.05) is 0 Å². The lowest BCUT2D eigenvalue weighted by Gasteiger charge is -2.10. The average Bonchev–Trinajstić information content (AvgIpc) is 2.46. The van der Waals surface area contributed by atoms with Gasteiger partial charge in [-0.05, 0) is 0 Å². The number of amides is 1. The molecule has 9 nitrogen and oxygen atoms in total. The van der Waals surface area contributed by atoms with Crippen molar-refractivity contribution in [2.75, 3.05) is 27.4 Å². The maximum absolute atomic E-state index is 11.2. The summed E-state index contributed by atoms with van der Waals surface area (Å²) < 4.78 is 13.0. The highest BCUT2D eigenvalue weighted by Crippen LogP contribution is 1.90. The Morgan fingerprint density at radius 2 is 1.70 bits per heavy atom. The first-order chi connectivity index (χ1) is 9.40. The Kier molecular flexibility index (Phi) is 8.35.